The van der Waals surface area contributed by atoms with Crippen molar-refractivity contribution in [3.8, 4) is 11.3 Å². The van der Waals surface area contributed by atoms with E-state index in [2.05, 4.69) is 15.2 Å². The number of hydrogen-bond acceptors (Lipinski definition) is 3. The number of pyridine rings is 1. The third-order valence-electron chi connectivity index (χ3n) is 4.53. The maximum absolute atomic E-state index is 13.1. The van der Waals surface area contributed by atoms with Crippen molar-refractivity contribution in [2.75, 3.05) is 13.1 Å². The SMILES string of the molecule is O=C(c1ccc(F)cc1)N1CCc2[nH]nc(-c3cccnc3)c2CC1. The summed E-state index contributed by atoms with van der Waals surface area (Å²) in [5.74, 6) is -0.407. The number of nitrogens with zero attached hydrogens (tertiary/aromatic N) is 3. The van der Waals surface area contributed by atoms with Crippen molar-refractivity contribution >= 4 is 5.91 Å². The first kappa shape index (κ1) is 15.5. The molecule has 0 aliphatic carbocycles. The van der Waals surface area contributed by atoms with Gasteiger partial charge in [0, 0.05) is 54.3 Å². The molecule has 0 radical (unpaired) electrons. The summed E-state index contributed by atoms with van der Waals surface area (Å²) in [7, 11) is 0. The number of nitrogens with one attached hydrogen (secondary N) is 1. The van der Waals surface area contributed by atoms with E-state index < -0.39 is 0 Å². The number of fused-ring (bicyclic) bond motifs is 1. The van der Waals surface area contributed by atoms with E-state index in [-0.39, 0.29) is 11.7 Å². The maximum Gasteiger partial charge on any atom is 0.253 e. The van der Waals surface area contributed by atoms with Crippen molar-refractivity contribution in [2.45, 2.75) is 12.8 Å². The van der Waals surface area contributed by atoms with Crippen LogP contribution in [0.1, 0.15) is 21.6 Å². The fraction of sp³-hybridized carbons (Fsp3) is 0.211. The van der Waals surface area contributed by atoms with Crippen LogP contribution in [0.5, 0.6) is 0 Å². The van der Waals surface area contributed by atoms with Gasteiger partial charge >= 0.3 is 0 Å². The van der Waals surface area contributed by atoms with Gasteiger partial charge in [0.2, 0.25) is 0 Å². The second-order valence-electron chi connectivity index (χ2n) is 6.07. The van der Waals surface area contributed by atoms with Crippen LogP contribution in [0.25, 0.3) is 11.3 Å². The van der Waals surface area contributed by atoms with Crippen LogP contribution in [0.15, 0.2) is 48.8 Å². The number of aromatic amines is 1. The fourth-order valence-electron chi connectivity index (χ4n) is 3.20. The van der Waals surface area contributed by atoms with Crippen molar-refractivity contribution in [3.63, 3.8) is 0 Å². The molecule has 1 aromatic carbocycles. The normalized spacial score (nSPS) is 14.0. The summed E-state index contributed by atoms with van der Waals surface area (Å²) in [6.07, 6.45) is 4.97. The second-order valence-corrected chi connectivity index (χ2v) is 6.07. The molecule has 0 spiro atoms. The number of benzene rings is 1. The predicted octanol–water partition coefficient (Wildman–Crippen LogP) is 2.85. The molecule has 1 N–H and O–H groups in total. The fourth-order valence-corrected chi connectivity index (χ4v) is 3.20. The molecule has 5 nitrogen and oxygen atoms in total. The van der Waals surface area contributed by atoms with E-state index in [0.717, 1.165) is 35.4 Å². The molecule has 25 heavy (non-hydrogen) atoms. The molecule has 1 amide bonds. The van der Waals surface area contributed by atoms with Crippen molar-refractivity contribution in [2.24, 2.45) is 0 Å². The van der Waals surface area contributed by atoms with Crippen molar-refractivity contribution < 1.29 is 9.18 Å². The Morgan fingerprint density at radius 3 is 2.68 bits per heavy atom. The van der Waals surface area contributed by atoms with Gasteiger partial charge in [-0.3, -0.25) is 14.9 Å². The third kappa shape index (κ3) is 3.03. The Labute approximate surface area is 144 Å². The highest BCUT2D eigenvalue weighted by Gasteiger charge is 2.23. The Kier molecular flexibility index (Phi) is 4.01. The van der Waals surface area contributed by atoms with Crippen molar-refractivity contribution in [1.82, 2.24) is 20.1 Å². The van der Waals surface area contributed by atoms with E-state index in [4.69, 9.17) is 0 Å². The molecule has 6 heteroatoms. The van der Waals surface area contributed by atoms with Gasteiger partial charge in [0.15, 0.2) is 0 Å². The summed E-state index contributed by atoms with van der Waals surface area (Å²) in [5.41, 5.74) is 4.59. The average molecular weight is 336 g/mol. The van der Waals surface area contributed by atoms with Crippen LogP contribution in [-0.4, -0.2) is 39.1 Å². The molecule has 1 aliphatic heterocycles. The van der Waals surface area contributed by atoms with Gasteiger partial charge < -0.3 is 4.90 Å². The van der Waals surface area contributed by atoms with Crippen LogP contribution in [0.3, 0.4) is 0 Å². The molecule has 0 bridgehead atoms. The van der Waals surface area contributed by atoms with E-state index in [1.165, 1.54) is 24.3 Å². The molecule has 2 aromatic heterocycles. The lowest BCUT2D eigenvalue weighted by molar-refractivity contribution is 0.0762. The van der Waals surface area contributed by atoms with Crippen LogP contribution in [0, 0.1) is 5.82 Å². The topological polar surface area (TPSA) is 61.9 Å². The maximum atomic E-state index is 13.1. The summed E-state index contributed by atoms with van der Waals surface area (Å²) in [6, 6.07) is 9.57. The van der Waals surface area contributed by atoms with Crippen LogP contribution in [0.4, 0.5) is 4.39 Å². The average Bonchev–Trinajstić information content (AvgIpc) is 2.94. The zero-order valence-corrected chi connectivity index (χ0v) is 13.6. The van der Waals surface area contributed by atoms with Gasteiger partial charge in [0.1, 0.15) is 5.82 Å². The summed E-state index contributed by atoms with van der Waals surface area (Å²) >= 11 is 0. The van der Waals surface area contributed by atoms with Gasteiger partial charge in [-0.2, -0.15) is 5.10 Å². The summed E-state index contributed by atoms with van der Waals surface area (Å²) < 4.78 is 13.1. The van der Waals surface area contributed by atoms with Gasteiger partial charge in [-0.25, -0.2) is 4.39 Å². The molecule has 126 valence electrons. The monoisotopic (exact) mass is 336 g/mol. The lowest BCUT2D eigenvalue weighted by Gasteiger charge is -2.20. The summed E-state index contributed by atoms with van der Waals surface area (Å²) in [5, 5.41) is 7.54. The number of halogens is 1. The molecule has 0 saturated carbocycles. The van der Waals surface area contributed by atoms with Gasteiger partial charge in [-0.15, -0.1) is 0 Å². The van der Waals surface area contributed by atoms with Crippen LogP contribution in [0.2, 0.25) is 0 Å². The number of H-pyrrole nitrogens is 1. The minimum absolute atomic E-state index is 0.0685. The molecule has 0 unspecified atom stereocenters. The number of aromatic nitrogens is 3. The first-order chi connectivity index (χ1) is 12.2. The second kappa shape index (κ2) is 6.47. The highest BCUT2D eigenvalue weighted by Crippen LogP contribution is 2.26. The Morgan fingerprint density at radius 1 is 1.12 bits per heavy atom. The van der Waals surface area contributed by atoms with Gasteiger partial charge in [-0.05, 0) is 42.8 Å². The molecule has 1 aliphatic rings. The van der Waals surface area contributed by atoms with E-state index in [9.17, 15) is 9.18 Å². The summed E-state index contributed by atoms with van der Waals surface area (Å²) in [6.45, 7) is 1.22. The van der Waals surface area contributed by atoms with Crippen molar-refractivity contribution in [3.05, 3.63) is 71.4 Å². The van der Waals surface area contributed by atoms with Crippen molar-refractivity contribution in [1.29, 1.82) is 0 Å². The van der Waals surface area contributed by atoms with Gasteiger partial charge in [0.25, 0.3) is 5.91 Å². The molecule has 0 fully saturated rings. The quantitative estimate of drug-likeness (QED) is 0.783. The number of carbonyl (C=O) groups is 1. The summed E-state index contributed by atoms with van der Waals surface area (Å²) in [4.78, 5) is 18.6. The van der Waals surface area contributed by atoms with Gasteiger partial charge in [0.05, 0.1) is 5.69 Å². The van der Waals surface area contributed by atoms with E-state index >= 15 is 0 Å². The minimum Gasteiger partial charge on any atom is -0.338 e. The van der Waals surface area contributed by atoms with E-state index in [1.54, 1.807) is 12.4 Å². The van der Waals surface area contributed by atoms with E-state index in [0.29, 0.717) is 18.7 Å². The minimum atomic E-state index is -0.338. The zero-order valence-electron chi connectivity index (χ0n) is 13.6. The highest BCUT2D eigenvalue weighted by atomic mass is 19.1. The number of rotatable bonds is 2. The first-order valence-electron chi connectivity index (χ1n) is 8.24. The predicted molar refractivity (Wildman–Crippen MR) is 91.5 cm³/mol. The molecule has 4 rings (SSSR count). The largest absolute Gasteiger partial charge is 0.338 e. The Hall–Kier alpha value is -3.02. The molecule has 3 aromatic rings. The molecule has 0 atom stereocenters. The lowest BCUT2D eigenvalue weighted by atomic mass is 10.0. The number of amides is 1. The van der Waals surface area contributed by atoms with Crippen LogP contribution in [-0.2, 0) is 12.8 Å². The Balaban J connectivity index is 1.55. The van der Waals surface area contributed by atoms with Crippen LogP contribution >= 0.6 is 0 Å². The highest BCUT2D eigenvalue weighted by molar-refractivity contribution is 5.94. The first-order valence-corrected chi connectivity index (χ1v) is 8.24. The van der Waals surface area contributed by atoms with E-state index in [1.807, 2.05) is 17.0 Å². The number of carbonyl (C=O) groups excluding carboxylic acids is 1. The standard InChI is InChI=1S/C19H17FN4O/c20-15-5-3-13(4-6-15)19(25)24-10-7-16-17(8-11-24)22-23-18(16)14-2-1-9-21-12-14/h1-6,9,12H,7-8,10-11H2,(H,22,23). The zero-order chi connectivity index (χ0) is 17.2. The lowest BCUT2D eigenvalue weighted by Crippen LogP contribution is -2.33. The molecule has 3 heterocycles. The Bertz CT molecular complexity index is 890. The third-order valence-corrected chi connectivity index (χ3v) is 4.53. The number of hydrogen-bond donors (Lipinski definition) is 1. The molecular formula is C19H17FN4O. The van der Waals surface area contributed by atoms with Gasteiger partial charge in [-0.1, -0.05) is 0 Å². The molecule has 0 saturated heterocycles. The smallest absolute Gasteiger partial charge is 0.253 e. The molecular weight excluding hydrogens is 319 g/mol. The Morgan fingerprint density at radius 2 is 1.92 bits per heavy atom. The van der Waals surface area contributed by atoms with Crippen LogP contribution < -0.4 is 0 Å².